The van der Waals surface area contributed by atoms with E-state index in [1.807, 2.05) is 4.57 Å². The molecule has 0 unspecified atom stereocenters. The SMILES string of the molecule is C=CCn1c(SCC(=O)Nc2cccc(F)c2)nnc1-c1ccco1. The summed E-state index contributed by atoms with van der Waals surface area (Å²) in [6.45, 7) is 4.21. The highest BCUT2D eigenvalue weighted by molar-refractivity contribution is 7.99. The Labute approximate surface area is 147 Å². The van der Waals surface area contributed by atoms with Gasteiger partial charge in [0.25, 0.3) is 0 Å². The Morgan fingerprint density at radius 2 is 2.24 bits per heavy atom. The quantitative estimate of drug-likeness (QED) is 0.516. The average molecular weight is 358 g/mol. The molecule has 8 heteroatoms. The minimum Gasteiger partial charge on any atom is -0.461 e. The molecule has 6 nitrogen and oxygen atoms in total. The minimum absolute atomic E-state index is 0.115. The molecule has 0 radical (unpaired) electrons. The number of nitrogens with zero attached hydrogens (tertiary/aromatic N) is 3. The summed E-state index contributed by atoms with van der Waals surface area (Å²) in [7, 11) is 0. The van der Waals surface area contributed by atoms with Crippen LogP contribution in [-0.2, 0) is 11.3 Å². The molecular weight excluding hydrogens is 343 g/mol. The first-order chi connectivity index (χ1) is 12.2. The van der Waals surface area contributed by atoms with Gasteiger partial charge in [0, 0.05) is 12.2 Å². The van der Waals surface area contributed by atoms with Crippen LogP contribution in [0.15, 0.2) is 64.9 Å². The number of rotatable bonds is 7. The number of aromatic nitrogens is 3. The van der Waals surface area contributed by atoms with E-state index >= 15 is 0 Å². The third kappa shape index (κ3) is 4.16. The Kier molecular flexibility index (Phi) is 5.30. The van der Waals surface area contributed by atoms with Crippen molar-refractivity contribution in [3.63, 3.8) is 0 Å². The van der Waals surface area contributed by atoms with Gasteiger partial charge in [-0.1, -0.05) is 23.9 Å². The molecule has 2 heterocycles. The molecule has 0 saturated carbocycles. The topological polar surface area (TPSA) is 73.0 Å². The van der Waals surface area contributed by atoms with Gasteiger partial charge in [-0.3, -0.25) is 9.36 Å². The minimum atomic E-state index is -0.403. The molecule has 128 valence electrons. The van der Waals surface area contributed by atoms with Crippen LogP contribution in [0.5, 0.6) is 0 Å². The lowest BCUT2D eigenvalue weighted by atomic mass is 10.3. The van der Waals surface area contributed by atoms with Crippen molar-refractivity contribution in [2.24, 2.45) is 0 Å². The number of nitrogens with one attached hydrogen (secondary N) is 1. The summed E-state index contributed by atoms with van der Waals surface area (Å²) in [6.07, 6.45) is 3.27. The molecule has 0 saturated heterocycles. The van der Waals surface area contributed by atoms with Crippen molar-refractivity contribution in [3.05, 3.63) is 61.1 Å². The number of hydrogen-bond donors (Lipinski definition) is 1. The summed E-state index contributed by atoms with van der Waals surface area (Å²) in [5, 5.41) is 11.4. The number of anilines is 1. The number of furan rings is 1. The number of allylic oxidation sites excluding steroid dienone is 1. The number of thioether (sulfide) groups is 1. The van der Waals surface area contributed by atoms with Gasteiger partial charge in [0.15, 0.2) is 10.9 Å². The zero-order valence-corrected chi connectivity index (χ0v) is 14.0. The van der Waals surface area contributed by atoms with E-state index in [4.69, 9.17) is 4.42 Å². The molecule has 1 N–H and O–H groups in total. The van der Waals surface area contributed by atoms with Crippen molar-refractivity contribution in [2.75, 3.05) is 11.1 Å². The third-order valence-corrected chi connectivity index (χ3v) is 4.18. The Hall–Kier alpha value is -2.87. The summed E-state index contributed by atoms with van der Waals surface area (Å²) in [4.78, 5) is 12.1. The lowest BCUT2D eigenvalue weighted by Crippen LogP contribution is -2.14. The molecule has 0 spiro atoms. The van der Waals surface area contributed by atoms with Crippen molar-refractivity contribution >= 4 is 23.4 Å². The maximum atomic E-state index is 13.1. The van der Waals surface area contributed by atoms with Crippen LogP contribution >= 0.6 is 11.8 Å². The smallest absolute Gasteiger partial charge is 0.234 e. The van der Waals surface area contributed by atoms with Crippen molar-refractivity contribution in [1.29, 1.82) is 0 Å². The molecule has 3 rings (SSSR count). The molecule has 0 fully saturated rings. The molecular formula is C17H15FN4O2S. The molecule has 0 aliphatic rings. The van der Waals surface area contributed by atoms with Gasteiger partial charge in [-0.05, 0) is 30.3 Å². The Bertz CT molecular complexity index is 877. The predicted molar refractivity (Wildman–Crippen MR) is 93.7 cm³/mol. The second kappa shape index (κ2) is 7.80. The van der Waals surface area contributed by atoms with Crippen LogP contribution in [0.4, 0.5) is 10.1 Å². The molecule has 1 amide bonds. The molecule has 2 aromatic heterocycles. The van der Waals surface area contributed by atoms with Crippen LogP contribution in [0.25, 0.3) is 11.6 Å². The van der Waals surface area contributed by atoms with E-state index in [0.29, 0.717) is 29.0 Å². The molecule has 0 bridgehead atoms. The van der Waals surface area contributed by atoms with Crippen LogP contribution in [-0.4, -0.2) is 26.4 Å². The van der Waals surface area contributed by atoms with E-state index < -0.39 is 5.82 Å². The van der Waals surface area contributed by atoms with Crippen LogP contribution in [0, 0.1) is 5.82 Å². The summed E-state index contributed by atoms with van der Waals surface area (Å²) in [6, 6.07) is 9.29. The van der Waals surface area contributed by atoms with E-state index in [1.54, 1.807) is 30.5 Å². The van der Waals surface area contributed by atoms with E-state index in [1.165, 1.54) is 30.0 Å². The Morgan fingerprint density at radius 3 is 2.96 bits per heavy atom. The first-order valence-electron chi connectivity index (χ1n) is 7.43. The summed E-state index contributed by atoms with van der Waals surface area (Å²) >= 11 is 1.23. The van der Waals surface area contributed by atoms with Gasteiger partial charge in [0.1, 0.15) is 5.82 Å². The summed E-state index contributed by atoms with van der Waals surface area (Å²) in [5.74, 6) is 0.607. The zero-order valence-electron chi connectivity index (χ0n) is 13.2. The molecule has 0 aliphatic heterocycles. The monoisotopic (exact) mass is 358 g/mol. The molecule has 3 aromatic rings. The van der Waals surface area contributed by atoms with Crippen LogP contribution in [0.3, 0.4) is 0 Å². The van der Waals surface area contributed by atoms with Gasteiger partial charge in [0.05, 0.1) is 12.0 Å². The van der Waals surface area contributed by atoms with E-state index in [-0.39, 0.29) is 11.7 Å². The molecule has 25 heavy (non-hydrogen) atoms. The Balaban J connectivity index is 1.68. The van der Waals surface area contributed by atoms with Crippen molar-refractivity contribution < 1.29 is 13.6 Å². The van der Waals surface area contributed by atoms with Crippen LogP contribution in [0.1, 0.15) is 0 Å². The van der Waals surface area contributed by atoms with Crippen molar-refractivity contribution in [1.82, 2.24) is 14.8 Å². The van der Waals surface area contributed by atoms with Gasteiger partial charge in [-0.25, -0.2) is 4.39 Å². The maximum Gasteiger partial charge on any atom is 0.234 e. The standard InChI is InChI=1S/C17H15FN4O2S/c1-2-8-22-16(14-7-4-9-24-14)20-21-17(22)25-11-15(23)19-13-6-3-5-12(18)10-13/h2-7,9-10H,1,8,11H2,(H,19,23). The number of benzene rings is 1. The lowest BCUT2D eigenvalue weighted by molar-refractivity contribution is -0.113. The largest absolute Gasteiger partial charge is 0.461 e. The number of amides is 1. The molecule has 1 aromatic carbocycles. The van der Waals surface area contributed by atoms with Crippen LogP contribution in [0.2, 0.25) is 0 Å². The highest BCUT2D eigenvalue weighted by Gasteiger charge is 2.16. The van der Waals surface area contributed by atoms with Crippen LogP contribution < -0.4 is 5.32 Å². The highest BCUT2D eigenvalue weighted by Crippen LogP contribution is 2.24. The lowest BCUT2D eigenvalue weighted by Gasteiger charge is -2.07. The second-order valence-electron chi connectivity index (χ2n) is 5.03. The third-order valence-electron chi connectivity index (χ3n) is 3.21. The summed E-state index contributed by atoms with van der Waals surface area (Å²) < 4.78 is 20.3. The van der Waals surface area contributed by atoms with E-state index in [2.05, 4.69) is 22.1 Å². The second-order valence-corrected chi connectivity index (χ2v) is 5.97. The normalized spacial score (nSPS) is 10.6. The first kappa shape index (κ1) is 17.0. The highest BCUT2D eigenvalue weighted by atomic mass is 32.2. The van der Waals surface area contributed by atoms with Crippen molar-refractivity contribution in [3.8, 4) is 11.6 Å². The van der Waals surface area contributed by atoms with Gasteiger partial charge in [0.2, 0.25) is 11.7 Å². The zero-order chi connectivity index (χ0) is 17.6. The van der Waals surface area contributed by atoms with Crippen molar-refractivity contribution in [2.45, 2.75) is 11.7 Å². The van der Waals surface area contributed by atoms with Gasteiger partial charge >= 0.3 is 0 Å². The maximum absolute atomic E-state index is 13.1. The Morgan fingerprint density at radius 1 is 1.36 bits per heavy atom. The first-order valence-corrected chi connectivity index (χ1v) is 8.42. The molecule has 0 aliphatic carbocycles. The van der Waals surface area contributed by atoms with Gasteiger partial charge in [-0.15, -0.1) is 16.8 Å². The molecule has 0 atom stereocenters. The van der Waals surface area contributed by atoms with E-state index in [0.717, 1.165) is 0 Å². The average Bonchev–Trinajstić information content (AvgIpc) is 3.23. The van der Waals surface area contributed by atoms with Gasteiger partial charge in [-0.2, -0.15) is 0 Å². The fourth-order valence-electron chi connectivity index (χ4n) is 2.17. The number of hydrogen-bond acceptors (Lipinski definition) is 5. The van der Waals surface area contributed by atoms with E-state index in [9.17, 15) is 9.18 Å². The number of carbonyl (C=O) groups is 1. The number of carbonyl (C=O) groups excluding carboxylic acids is 1. The van der Waals surface area contributed by atoms with Gasteiger partial charge < -0.3 is 9.73 Å². The fraction of sp³-hybridized carbons (Fsp3) is 0.118. The fourth-order valence-corrected chi connectivity index (χ4v) is 2.92. The predicted octanol–water partition coefficient (Wildman–Crippen LogP) is 3.59. The number of halogens is 1. The summed E-state index contributed by atoms with van der Waals surface area (Å²) in [5.41, 5.74) is 0.412.